The quantitative estimate of drug-likeness (QED) is 0.496. The third-order valence-electron chi connectivity index (χ3n) is 3.50. The maximum atomic E-state index is 12.4. The van der Waals surface area contributed by atoms with Gasteiger partial charge in [0.15, 0.2) is 10.9 Å². The molecule has 0 spiro atoms. The predicted molar refractivity (Wildman–Crippen MR) is 98.9 cm³/mol. The summed E-state index contributed by atoms with van der Waals surface area (Å²) in [5.74, 6) is -0.444. The maximum Gasteiger partial charge on any atom is 0.288 e. The third kappa shape index (κ3) is 3.64. The molecule has 3 aromatic rings. The van der Waals surface area contributed by atoms with Gasteiger partial charge in [0.1, 0.15) is 10.5 Å². The number of hydrogen-bond acceptors (Lipinski definition) is 8. The Hall–Kier alpha value is -3.31. The van der Waals surface area contributed by atoms with Crippen LogP contribution >= 0.6 is 22.9 Å². The Morgan fingerprint density at radius 3 is 2.59 bits per heavy atom. The number of nitro groups is 2. The average Bonchev–Trinajstić information content (AvgIpc) is 3.02. The number of rotatable bonds is 5. The van der Waals surface area contributed by atoms with E-state index in [-0.39, 0.29) is 27.2 Å². The number of nitro benzene ring substituents is 2. The number of nitrogens with one attached hydrogen (secondary N) is 1. The highest BCUT2D eigenvalue weighted by Crippen LogP contribution is 2.36. The van der Waals surface area contributed by atoms with Gasteiger partial charge in [0.05, 0.1) is 27.7 Å². The van der Waals surface area contributed by atoms with Crippen LogP contribution in [0.3, 0.4) is 0 Å². The van der Waals surface area contributed by atoms with Crippen molar-refractivity contribution in [3.8, 4) is 5.75 Å². The van der Waals surface area contributed by atoms with Gasteiger partial charge in [-0.2, -0.15) is 0 Å². The third-order valence-corrected chi connectivity index (χ3v) is 4.74. The average molecular weight is 409 g/mol. The van der Waals surface area contributed by atoms with E-state index in [0.29, 0.717) is 10.2 Å². The van der Waals surface area contributed by atoms with Gasteiger partial charge in [-0.25, -0.2) is 4.98 Å². The molecule has 10 nitrogen and oxygen atoms in total. The fourth-order valence-corrected chi connectivity index (χ4v) is 3.36. The Bertz CT molecular complexity index is 1100. The molecule has 1 aromatic heterocycles. The van der Waals surface area contributed by atoms with Crippen LogP contribution in [0.1, 0.15) is 10.4 Å². The van der Waals surface area contributed by atoms with Crippen molar-refractivity contribution < 1.29 is 19.4 Å². The second-order valence-corrected chi connectivity index (χ2v) is 6.59. The van der Waals surface area contributed by atoms with E-state index >= 15 is 0 Å². The number of carbonyl (C=O) groups is 1. The molecule has 1 N–H and O–H groups in total. The summed E-state index contributed by atoms with van der Waals surface area (Å²) in [6.07, 6.45) is 0. The molecule has 0 radical (unpaired) electrons. The SMILES string of the molecule is COc1cc([N+](=O)[O-])cc2sc(NC(=O)c3ccc(Cl)c([N+](=O)[O-])c3)nc12. The fourth-order valence-electron chi connectivity index (χ4n) is 2.26. The van der Waals surface area contributed by atoms with Crippen molar-refractivity contribution in [2.24, 2.45) is 0 Å². The standard InChI is InChI=1S/C15H9ClN4O6S/c1-26-11-5-8(19(22)23)6-12-13(11)17-15(27-12)18-14(21)7-2-3-9(16)10(4-7)20(24)25/h2-6H,1H3,(H,17,18,21). The van der Waals surface area contributed by atoms with Crippen molar-refractivity contribution in [2.45, 2.75) is 0 Å². The van der Waals surface area contributed by atoms with Gasteiger partial charge in [0.25, 0.3) is 17.3 Å². The van der Waals surface area contributed by atoms with Crippen molar-refractivity contribution in [3.05, 3.63) is 61.1 Å². The predicted octanol–water partition coefficient (Wildman–Crippen LogP) is 4.03. The van der Waals surface area contributed by atoms with E-state index in [2.05, 4.69) is 10.3 Å². The van der Waals surface area contributed by atoms with Gasteiger partial charge in [0.2, 0.25) is 0 Å². The number of methoxy groups -OCH3 is 1. The van der Waals surface area contributed by atoms with Crippen molar-refractivity contribution >= 4 is 55.6 Å². The van der Waals surface area contributed by atoms with Crippen LogP contribution in [0.25, 0.3) is 10.2 Å². The first-order chi connectivity index (χ1) is 12.8. The Morgan fingerprint density at radius 2 is 1.96 bits per heavy atom. The Labute approximate surface area is 159 Å². The zero-order chi connectivity index (χ0) is 19.7. The molecular formula is C15H9ClN4O6S. The molecule has 27 heavy (non-hydrogen) atoms. The highest BCUT2D eigenvalue weighted by atomic mass is 35.5. The van der Waals surface area contributed by atoms with Gasteiger partial charge in [-0.15, -0.1) is 0 Å². The first-order valence-corrected chi connectivity index (χ1v) is 8.38. The summed E-state index contributed by atoms with van der Waals surface area (Å²) >= 11 is 6.74. The molecule has 1 heterocycles. The minimum Gasteiger partial charge on any atom is -0.494 e. The van der Waals surface area contributed by atoms with Crippen LogP contribution in [-0.2, 0) is 0 Å². The molecule has 0 atom stereocenters. The summed E-state index contributed by atoms with van der Waals surface area (Å²) in [7, 11) is 1.35. The number of carbonyl (C=O) groups excluding carboxylic acids is 1. The van der Waals surface area contributed by atoms with Crippen LogP contribution in [0.2, 0.25) is 5.02 Å². The first-order valence-electron chi connectivity index (χ1n) is 7.18. The lowest BCUT2D eigenvalue weighted by Crippen LogP contribution is -2.12. The molecule has 3 rings (SSSR count). The lowest BCUT2D eigenvalue weighted by molar-refractivity contribution is -0.384. The number of fused-ring (bicyclic) bond motifs is 1. The van der Waals surface area contributed by atoms with Gasteiger partial charge in [0, 0.05) is 17.7 Å². The minimum atomic E-state index is -0.694. The summed E-state index contributed by atoms with van der Waals surface area (Å²) < 4.78 is 5.56. The molecule has 0 unspecified atom stereocenters. The van der Waals surface area contributed by atoms with E-state index in [1.165, 1.54) is 31.4 Å². The molecule has 0 aliphatic heterocycles. The van der Waals surface area contributed by atoms with Gasteiger partial charge >= 0.3 is 0 Å². The molecule has 12 heteroatoms. The van der Waals surface area contributed by atoms with E-state index in [4.69, 9.17) is 16.3 Å². The summed E-state index contributed by atoms with van der Waals surface area (Å²) in [5.41, 5.74) is -0.200. The first kappa shape index (κ1) is 18.5. The molecule has 0 aliphatic carbocycles. The van der Waals surface area contributed by atoms with E-state index in [0.717, 1.165) is 17.4 Å². The van der Waals surface area contributed by atoms with Gasteiger partial charge in [-0.05, 0) is 12.1 Å². The van der Waals surface area contributed by atoms with Gasteiger partial charge in [-0.1, -0.05) is 22.9 Å². The highest BCUT2D eigenvalue weighted by Gasteiger charge is 2.19. The number of ether oxygens (including phenoxy) is 1. The summed E-state index contributed by atoms with van der Waals surface area (Å²) in [6.45, 7) is 0. The lowest BCUT2D eigenvalue weighted by Gasteiger charge is -2.02. The summed E-state index contributed by atoms with van der Waals surface area (Å²) in [5, 5.41) is 24.5. The largest absolute Gasteiger partial charge is 0.494 e. The van der Waals surface area contributed by atoms with E-state index in [1.807, 2.05) is 0 Å². The number of non-ortho nitro benzene ring substituents is 1. The molecule has 0 bridgehead atoms. The van der Waals surface area contributed by atoms with Crippen LogP contribution in [0, 0.1) is 20.2 Å². The van der Waals surface area contributed by atoms with Crippen molar-refractivity contribution in [1.82, 2.24) is 4.98 Å². The molecule has 1 amide bonds. The zero-order valence-corrected chi connectivity index (χ0v) is 15.0. The number of amides is 1. The van der Waals surface area contributed by atoms with Crippen LogP contribution in [0.15, 0.2) is 30.3 Å². The number of hydrogen-bond donors (Lipinski definition) is 1. The number of anilines is 1. The fraction of sp³-hybridized carbons (Fsp3) is 0.0667. The van der Waals surface area contributed by atoms with E-state index < -0.39 is 21.4 Å². The minimum absolute atomic E-state index is 0.0169. The zero-order valence-electron chi connectivity index (χ0n) is 13.5. The second-order valence-electron chi connectivity index (χ2n) is 5.15. The van der Waals surface area contributed by atoms with Crippen LogP contribution in [0.5, 0.6) is 5.75 Å². The van der Waals surface area contributed by atoms with Crippen LogP contribution in [-0.4, -0.2) is 27.8 Å². The molecular weight excluding hydrogens is 400 g/mol. The van der Waals surface area contributed by atoms with Gasteiger partial charge in [-0.3, -0.25) is 30.3 Å². The highest BCUT2D eigenvalue weighted by molar-refractivity contribution is 7.22. The smallest absolute Gasteiger partial charge is 0.288 e. The maximum absolute atomic E-state index is 12.4. The summed E-state index contributed by atoms with van der Waals surface area (Å²) in [6, 6.07) is 6.19. The van der Waals surface area contributed by atoms with Gasteiger partial charge < -0.3 is 4.74 Å². The number of halogens is 1. The van der Waals surface area contributed by atoms with E-state index in [9.17, 15) is 25.0 Å². The number of benzene rings is 2. The normalized spacial score (nSPS) is 10.6. The van der Waals surface area contributed by atoms with Crippen LogP contribution in [0.4, 0.5) is 16.5 Å². The van der Waals surface area contributed by atoms with E-state index in [1.54, 1.807) is 0 Å². The van der Waals surface area contributed by atoms with Crippen LogP contribution < -0.4 is 10.1 Å². The molecule has 138 valence electrons. The summed E-state index contributed by atoms with van der Waals surface area (Å²) in [4.78, 5) is 37.2. The van der Waals surface area contributed by atoms with Crippen molar-refractivity contribution in [1.29, 1.82) is 0 Å². The Balaban J connectivity index is 1.95. The number of thiazole rings is 1. The molecule has 0 fully saturated rings. The topological polar surface area (TPSA) is 138 Å². The Kier molecular flexibility index (Phi) is 4.88. The molecule has 0 saturated carbocycles. The Morgan fingerprint density at radius 1 is 1.22 bits per heavy atom. The lowest BCUT2D eigenvalue weighted by atomic mass is 10.2. The van der Waals surface area contributed by atoms with Crippen molar-refractivity contribution in [3.63, 3.8) is 0 Å². The molecule has 2 aromatic carbocycles. The molecule has 0 aliphatic rings. The monoisotopic (exact) mass is 408 g/mol. The number of nitrogens with zero attached hydrogens (tertiary/aromatic N) is 3. The second kappa shape index (κ2) is 7.13. The molecule has 0 saturated heterocycles. The van der Waals surface area contributed by atoms with Crippen molar-refractivity contribution in [2.75, 3.05) is 12.4 Å². The number of aromatic nitrogens is 1.